The van der Waals surface area contributed by atoms with Crippen molar-refractivity contribution in [3.63, 3.8) is 0 Å². The van der Waals surface area contributed by atoms with Crippen LogP contribution in [-0.2, 0) is 11.4 Å². The van der Waals surface area contributed by atoms with Gasteiger partial charge in [0.05, 0.1) is 14.2 Å². The molecule has 0 saturated heterocycles. The Hall–Kier alpha value is -1.13. The van der Waals surface area contributed by atoms with Gasteiger partial charge in [0, 0.05) is 6.54 Å². The van der Waals surface area contributed by atoms with Crippen LogP contribution in [-0.4, -0.2) is 14.2 Å². The molecule has 1 N–H and O–H groups in total. The molecule has 0 unspecified atom stereocenters. The lowest BCUT2D eigenvalue weighted by Gasteiger charge is -2.09. The number of rotatable bonds is 4. The second-order valence-electron chi connectivity index (χ2n) is 2.95. The van der Waals surface area contributed by atoms with Crippen molar-refractivity contribution in [1.82, 2.24) is 5.48 Å². The highest BCUT2D eigenvalue weighted by Crippen LogP contribution is 2.23. The van der Waals surface area contributed by atoms with E-state index in [1.54, 1.807) is 6.92 Å². The van der Waals surface area contributed by atoms with Crippen LogP contribution in [0.1, 0.15) is 11.1 Å². The summed E-state index contributed by atoms with van der Waals surface area (Å²) in [7, 11) is 2.98. The normalized spacial score (nSPS) is 10.3. The Balaban J connectivity index is 2.90. The maximum atomic E-state index is 13.3. The van der Waals surface area contributed by atoms with Gasteiger partial charge in [-0.15, -0.1) is 0 Å². The van der Waals surface area contributed by atoms with Gasteiger partial charge in [-0.1, -0.05) is 6.07 Å². The summed E-state index contributed by atoms with van der Waals surface area (Å²) in [6.07, 6.45) is 0. The zero-order valence-corrected chi connectivity index (χ0v) is 8.56. The monoisotopic (exact) mass is 199 g/mol. The molecule has 0 saturated carbocycles. The van der Waals surface area contributed by atoms with Crippen LogP contribution in [0.2, 0.25) is 0 Å². The first kappa shape index (κ1) is 10.9. The molecule has 0 atom stereocenters. The van der Waals surface area contributed by atoms with Crippen molar-refractivity contribution >= 4 is 0 Å². The Morgan fingerprint density at radius 1 is 1.36 bits per heavy atom. The van der Waals surface area contributed by atoms with Gasteiger partial charge in [-0.3, -0.25) is 0 Å². The standard InChI is InChI=1S/C10H14FNO2/c1-7-4-8(6-12-14-3)5-9(11)10(7)13-2/h4-5,12H,6H2,1-3H3. The molecule has 0 aliphatic heterocycles. The van der Waals surface area contributed by atoms with E-state index in [0.717, 1.165) is 11.1 Å². The molecule has 1 aromatic carbocycles. The number of nitrogens with one attached hydrogen (secondary N) is 1. The highest BCUT2D eigenvalue weighted by molar-refractivity contribution is 5.37. The van der Waals surface area contributed by atoms with Crippen LogP contribution in [0, 0.1) is 12.7 Å². The Morgan fingerprint density at radius 3 is 2.57 bits per heavy atom. The summed E-state index contributed by atoms with van der Waals surface area (Å²) in [5.74, 6) is -0.0495. The second kappa shape index (κ2) is 4.93. The highest BCUT2D eigenvalue weighted by atomic mass is 19.1. The van der Waals surface area contributed by atoms with E-state index in [0.29, 0.717) is 12.3 Å². The van der Waals surface area contributed by atoms with Gasteiger partial charge in [-0.25, -0.2) is 4.39 Å². The molecule has 14 heavy (non-hydrogen) atoms. The van der Waals surface area contributed by atoms with Gasteiger partial charge in [0.15, 0.2) is 11.6 Å². The van der Waals surface area contributed by atoms with Crippen LogP contribution in [0.15, 0.2) is 12.1 Å². The van der Waals surface area contributed by atoms with Crippen molar-refractivity contribution < 1.29 is 14.0 Å². The maximum Gasteiger partial charge on any atom is 0.165 e. The largest absolute Gasteiger partial charge is 0.493 e. The van der Waals surface area contributed by atoms with Crippen LogP contribution >= 0.6 is 0 Å². The fourth-order valence-electron chi connectivity index (χ4n) is 1.32. The summed E-state index contributed by atoms with van der Waals surface area (Å²) in [4.78, 5) is 4.68. The third-order valence-corrected chi connectivity index (χ3v) is 1.91. The summed E-state index contributed by atoms with van der Waals surface area (Å²) >= 11 is 0. The van der Waals surface area contributed by atoms with Gasteiger partial charge in [-0.2, -0.15) is 5.48 Å². The van der Waals surface area contributed by atoms with E-state index in [-0.39, 0.29) is 5.82 Å². The van der Waals surface area contributed by atoms with Crippen molar-refractivity contribution in [1.29, 1.82) is 0 Å². The van der Waals surface area contributed by atoms with Crippen molar-refractivity contribution in [2.45, 2.75) is 13.5 Å². The van der Waals surface area contributed by atoms with E-state index < -0.39 is 0 Å². The molecule has 0 aliphatic carbocycles. The fourth-order valence-corrected chi connectivity index (χ4v) is 1.32. The van der Waals surface area contributed by atoms with Crippen LogP contribution in [0.4, 0.5) is 4.39 Å². The molecular formula is C10H14FNO2. The number of ether oxygens (including phenoxy) is 1. The van der Waals surface area contributed by atoms with E-state index in [2.05, 4.69) is 10.3 Å². The Morgan fingerprint density at radius 2 is 2.07 bits per heavy atom. The molecule has 0 spiro atoms. The first-order valence-electron chi connectivity index (χ1n) is 4.28. The van der Waals surface area contributed by atoms with Crippen LogP contribution in [0.5, 0.6) is 5.75 Å². The van der Waals surface area contributed by atoms with Crippen LogP contribution < -0.4 is 10.2 Å². The number of halogens is 1. The molecule has 0 heterocycles. The first-order valence-corrected chi connectivity index (χ1v) is 4.28. The highest BCUT2D eigenvalue weighted by Gasteiger charge is 2.07. The molecule has 78 valence electrons. The van der Waals surface area contributed by atoms with Crippen LogP contribution in [0.25, 0.3) is 0 Å². The lowest BCUT2D eigenvalue weighted by Crippen LogP contribution is -2.11. The molecule has 0 aliphatic rings. The molecule has 3 nitrogen and oxygen atoms in total. The zero-order valence-electron chi connectivity index (χ0n) is 8.56. The molecule has 0 bridgehead atoms. The molecule has 4 heteroatoms. The third-order valence-electron chi connectivity index (χ3n) is 1.91. The number of benzene rings is 1. The van der Waals surface area contributed by atoms with E-state index >= 15 is 0 Å². The minimum absolute atomic E-state index is 0.297. The van der Waals surface area contributed by atoms with E-state index in [1.807, 2.05) is 6.07 Å². The SMILES string of the molecule is CONCc1cc(C)c(OC)c(F)c1. The zero-order chi connectivity index (χ0) is 10.6. The topological polar surface area (TPSA) is 30.5 Å². The fraction of sp³-hybridized carbons (Fsp3) is 0.400. The van der Waals surface area contributed by atoms with E-state index in [1.165, 1.54) is 20.3 Å². The molecule has 1 rings (SSSR count). The first-order chi connectivity index (χ1) is 6.69. The third kappa shape index (κ3) is 2.43. The Labute approximate surface area is 82.8 Å². The maximum absolute atomic E-state index is 13.3. The van der Waals surface area contributed by atoms with Gasteiger partial charge in [0.25, 0.3) is 0 Å². The predicted molar refractivity (Wildman–Crippen MR) is 51.5 cm³/mol. The number of hydrogen-bond donors (Lipinski definition) is 1. The predicted octanol–water partition coefficient (Wildman–Crippen LogP) is 1.79. The van der Waals surface area contributed by atoms with E-state index in [4.69, 9.17) is 4.74 Å². The van der Waals surface area contributed by atoms with Gasteiger partial charge in [-0.05, 0) is 24.1 Å². The smallest absolute Gasteiger partial charge is 0.165 e. The minimum atomic E-state index is -0.347. The number of hydrogen-bond acceptors (Lipinski definition) is 3. The molecule has 0 aromatic heterocycles. The molecule has 0 fully saturated rings. The van der Waals surface area contributed by atoms with Gasteiger partial charge in [0.2, 0.25) is 0 Å². The van der Waals surface area contributed by atoms with E-state index in [9.17, 15) is 4.39 Å². The second-order valence-corrected chi connectivity index (χ2v) is 2.95. The summed E-state index contributed by atoms with van der Waals surface area (Å²) in [6.45, 7) is 2.27. The molecule has 0 amide bonds. The molecule has 0 radical (unpaired) electrons. The van der Waals surface area contributed by atoms with Gasteiger partial charge >= 0.3 is 0 Å². The average Bonchev–Trinajstić information content (AvgIpc) is 2.14. The summed E-state index contributed by atoms with van der Waals surface area (Å²) in [6, 6.07) is 3.28. The Kier molecular flexibility index (Phi) is 3.85. The van der Waals surface area contributed by atoms with Crippen molar-refractivity contribution in [2.75, 3.05) is 14.2 Å². The van der Waals surface area contributed by atoms with Crippen molar-refractivity contribution in [3.05, 3.63) is 29.1 Å². The van der Waals surface area contributed by atoms with Crippen molar-refractivity contribution in [2.24, 2.45) is 0 Å². The number of aryl methyl sites for hydroxylation is 1. The Bertz CT molecular complexity index is 292. The summed E-state index contributed by atoms with van der Waals surface area (Å²) in [5.41, 5.74) is 4.25. The van der Waals surface area contributed by atoms with Gasteiger partial charge < -0.3 is 9.57 Å². The lowest BCUT2D eigenvalue weighted by molar-refractivity contribution is 0.0866. The minimum Gasteiger partial charge on any atom is -0.493 e. The average molecular weight is 199 g/mol. The summed E-state index contributed by atoms with van der Waals surface area (Å²) < 4.78 is 18.3. The van der Waals surface area contributed by atoms with Crippen molar-refractivity contribution in [3.8, 4) is 5.75 Å². The molecule has 1 aromatic rings. The van der Waals surface area contributed by atoms with Gasteiger partial charge in [0.1, 0.15) is 0 Å². The summed E-state index contributed by atoms with van der Waals surface area (Å²) in [5, 5.41) is 0. The lowest BCUT2D eigenvalue weighted by atomic mass is 10.1. The quantitative estimate of drug-likeness (QED) is 0.750. The molecular weight excluding hydrogens is 185 g/mol. The number of methoxy groups -OCH3 is 1. The number of hydroxylamine groups is 1. The van der Waals surface area contributed by atoms with Crippen LogP contribution in [0.3, 0.4) is 0 Å².